The standard InChI is InChI=1S/C15H21N3O/c19-15(12-5-7-16-9-12)18-10-14-13-4-2-1-3-11(13)6-8-17-14/h1-4,12,14,16-17H,5-10H2,(H,18,19). The molecule has 2 unspecified atom stereocenters. The summed E-state index contributed by atoms with van der Waals surface area (Å²) in [6.45, 7) is 3.46. The van der Waals surface area contributed by atoms with E-state index >= 15 is 0 Å². The Balaban J connectivity index is 1.60. The van der Waals surface area contributed by atoms with Crippen LogP contribution in [0.3, 0.4) is 0 Å². The van der Waals surface area contributed by atoms with Crippen molar-refractivity contribution in [2.24, 2.45) is 5.92 Å². The van der Waals surface area contributed by atoms with Gasteiger partial charge in [0.15, 0.2) is 0 Å². The lowest BCUT2D eigenvalue weighted by atomic mass is 9.94. The first-order chi connectivity index (χ1) is 9.34. The number of rotatable bonds is 3. The third-order valence-electron chi connectivity index (χ3n) is 4.13. The third-order valence-corrected chi connectivity index (χ3v) is 4.13. The van der Waals surface area contributed by atoms with Gasteiger partial charge in [-0.05, 0) is 37.1 Å². The molecule has 1 saturated heterocycles. The number of fused-ring (bicyclic) bond motifs is 1. The number of benzene rings is 1. The van der Waals surface area contributed by atoms with Gasteiger partial charge in [0.1, 0.15) is 0 Å². The fraction of sp³-hybridized carbons (Fsp3) is 0.533. The number of amides is 1. The molecule has 2 aliphatic heterocycles. The van der Waals surface area contributed by atoms with Gasteiger partial charge in [-0.25, -0.2) is 0 Å². The van der Waals surface area contributed by atoms with Crippen molar-refractivity contribution < 1.29 is 4.79 Å². The molecule has 2 atom stereocenters. The molecular weight excluding hydrogens is 238 g/mol. The molecule has 0 bridgehead atoms. The second-order valence-corrected chi connectivity index (χ2v) is 5.39. The predicted molar refractivity (Wildman–Crippen MR) is 74.9 cm³/mol. The van der Waals surface area contributed by atoms with Crippen LogP contribution >= 0.6 is 0 Å². The van der Waals surface area contributed by atoms with Gasteiger partial charge in [-0.3, -0.25) is 4.79 Å². The summed E-state index contributed by atoms with van der Waals surface area (Å²) >= 11 is 0. The van der Waals surface area contributed by atoms with Crippen LogP contribution in [-0.2, 0) is 11.2 Å². The molecule has 4 heteroatoms. The van der Waals surface area contributed by atoms with Crippen LogP contribution < -0.4 is 16.0 Å². The van der Waals surface area contributed by atoms with Crippen LogP contribution in [0.5, 0.6) is 0 Å². The summed E-state index contributed by atoms with van der Waals surface area (Å²) in [7, 11) is 0. The van der Waals surface area contributed by atoms with Crippen molar-refractivity contribution in [1.29, 1.82) is 0 Å². The van der Waals surface area contributed by atoms with Gasteiger partial charge < -0.3 is 16.0 Å². The zero-order valence-electron chi connectivity index (χ0n) is 11.1. The van der Waals surface area contributed by atoms with Crippen LogP contribution in [0.2, 0.25) is 0 Å². The van der Waals surface area contributed by atoms with Gasteiger partial charge in [-0.15, -0.1) is 0 Å². The normalized spacial score (nSPS) is 25.9. The van der Waals surface area contributed by atoms with Gasteiger partial charge in [-0.2, -0.15) is 0 Å². The maximum Gasteiger partial charge on any atom is 0.224 e. The van der Waals surface area contributed by atoms with Crippen molar-refractivity contribution in [3.8, 4) is 0 Å². The van der Waals surface area contributed by atoms with Crippen molar-refractivity contribution in [3.63, 3.8) is 0 Å². The Morgan fingerprint density at radius 2 is 2.21 bits per heavy atom. The number of nitrogens with one attached hydrogen (secondary N) is 3. The van der Waals surface area contributed by atoms with Crippen molar-refractivity contribution in [2.45, 2.75) is 18.9 Å². The zero-order valence-corrected chi connectivity index (χ0v) is 11.1. The van der Waals surface area contributed by atoms with Crippen LogP contribution in [-0.4, -0.2) is 32.1 Å². The van der Waals surface area contributed by atoms with E-state index in [1.54, 1.807) is 0 Å². The lowest BCUT2D eigenvalue weighted by Crippen LogP contribution is -2.41. The van der Waals surface area contributed by atoms with E-state index in [0.717, 1.165) is 32.5 Å². The SMILES string of the molecule is O=C(NCC1NCCc2ccccc21)C1CCNC1. The Morgan fingerprint density at radius 1 is 1.32 bits per heavy atom. The lowest BCUT2D eigenvalue weighted by molar-refractivity contribution is -0.124. The largest absolute Gasteiger partial charge is 0.354 e. The van der Waals surface area contributed by atoms with E-state index < -0.39 is 0 Å². The fourth-order valence-electron chi connectivity index (χ4n) is 3.00. The van der Waals surface area contributed by atoms with E-state index in [4.69, 9.17) is 0 Å². The Labute approximate surface area is 114 Å². The van der Waals surface area contributed by atoms with E-state index in [1.807, 2.05) is 0 Å². The van der Waals surface area contributed by atoms with Crippen LogP contribution in [0, 0.1) is 5.92 Å². The third kappa shape index (κ3) is 2.80. The van der Waals surface area contributed by atoms with Crippen LogP contribution in [0.1, 0.15) is 23.6 Å². The van der Waals surface area contributed by atoms with Crippen LogP contribution in [0.4, 0.5) is 0 Å². The molecule has 0 saturated carbocycles. The summed E-state index contributed by atoms with van der Waals surface area (Å²) in [6, 6.07) is 8.76. The number of carbonyl (C=O) groups excluding carboxylic acids is 1. The molecule has 19 heavy (non-hydrogen) atoms. The molecule has 1 amide bonds. The van der Waals surface area contributed by atoms with Gasteiger partial charge in [0.05, 0.1) is 5.92 Å². The van der Waals surface area contributed by atoms with E-state index in [2.05, 4.69) is 40.2 Å². The van der Waals surface area contributed by atoms with Crippen molar-refractivity contribution in [2.75, 3.05) is 26.2 Å². The molecule has 1 fully saturated rings. The van der Waals surface area contributed by atoms with Gasteiger partial charge in [-0.1, -0.05) is 24.3 Å². The molecule has 2 heterocycles. The molecule has 1 aromatic carbocycles. The average Bonchev–Trinajstić information content (AvgIpc) is 2.99. The summed E-state index contributed by atoms with van der Waals surface area (Å²) in [4.78, 5) is 12.0. The maximum absolute atomic E-state index is 12.0. The van der Waals surface area contributed by atoms with Gasteiger partial charge >= 0.3 is 0 Å². The average molecular weight is 259 g/mol. The molecule has 0 aliphatic carbocycles. The Hall–Kier alpha value is -1.39. The summed E-state index contributed by atoms with van der Waals surface area (Å²) in [5.41, 5.74) is 2.74. The first-order valence-corrected chi connectivity index (χ1v) is 7.14. The van der Waals surface area contributed by atoms with Crippen molar-refractivity contribution in [1.82, 2.24) is 16.0 Å². The topological polar surface area (TPSA) is 53.2 Å². The number of carbonyl (C=O) groups is 1. The van der Waals surface area contributed by atoms with Crippen LogP contribution in [0.15, 0.2) is 24.3 Å². The quantitative estimate of drug-likeness (QED) is 0.745. The molecule has 3 rings (SSSR count). The monoisotopic (exact) mass is 259 g/mol. The molecule has 0 spiro atoms. The fourth-order valence-corrected chi connectivity index (χ4v) is 3.00. The van der Waals surface area contributed by atoms with E-state index in [1.165, 1.54) is 11.1 Å². The minimum Gasteiger partial charge on any atom is -0.354 e. The highest BCUT2D eigenvalue weighted by atomic mass is 16.1. The molecular formula is C15H21N3O. The molecule has 102 valence electrons. The van der Waals surface area contributed by atoms with Crippen molar-refractivity contribution >= 4 is 5.91 Å². The molecule has 3 N–H and O–H groups in total. The predicted octanol–water partition coefficient (Wildman–Crippen LogP) is 0.599. The summed E-state index contributed by atoms with van der Waals surface area (Å²) in [6.07, 6.45) is 2.04. The van der Waals surface area contributed by atoms with E-state index in [0.29, 0.717) is 6.54 Å². The highest BCUT2D eigenvalue weighted by molar-refractivity contribution is 5.79. The minimum atomic E-state index is 0.152. The Morgan fingerprint density at radius 3 is 3.05 bits per heavy atom. The van der Waals surface area contributed by atoms with Gasteiger partial charge in [0.2, 0.25) is 5.91 Å². The number of hydrogen-bond donors (Lipinski definition) is 3. The molecule has 0 aromatic heterocycles. The summed E-state index contributed by atoms with van der Waals surface area (Å²) < 4.78 is 0. The zero-order chi connectivity index (χ0) is 13.1. The summed E-state index contributed by atoms with van der Waals surface area (Å²) in [5.74, 6) is 0.341. The highest BCUT2D eigenvalue weighted by Crippen LogP contribution is 2.22. The molecule has 2 aliphatic rings. The van der Waals surface area contributed by atoms with Gasteiger partial charge in [0.25, 0.3) is 0 Å². The van der Waals surface area contributed by atoms with Crippen molar-refractivity contribution in [3.05, 3.63) is 35.4 Å². The second-order valence-electron chi connectivity index (χ2n) is 5.39. The smallest absolute Gasteiger partial charge is 0.224 e. The molecule has 1 aromatic rings. The van der Waals surface area contributed by atoms with Crippen LogP contribution in [0.25, 0.3) is 0 Å². The lowest BCUT2D eigenvalue weighted by Gasteiger charge is -2.27. The van der Waals surface area contributed by atoms with Gasteiger partial charge in [0, 0.05) is 19.1 Å². The highest BCUT2D eigenvalue weighted by Gasteiger charge is 2.24. The summed E-state index contributed by atoms with van der Waals surface area (Å²) in [5, 5.41) is 9.82. The van der Waals surface area contributed by atoms with E-state index in [-0.39, 0.29) is 17.9 Å². The Bertz CT molecular complexity index is 454. The second kappa shape index (κ2) is 5.72. The van der Waals surface area contributed by atoms with E-state index in [9.17, 15) is 4.79 Å². The first-order valence-electron chi connectivity index (χ1n) is 7.14. The maximum atomic E-state index is 12.0. The molecule has 0 radical (unpaired) electrons. The number of hydrogen-bond acceptors (Lipinski definition) is 3. The minimum absolute atomic E-state index is 0.152. The Kier molecular flexibility index (Phi) is 3.80. The molecule has 4 nitrogen and oxygen atoms in total. The first kappa shape index (κ1) is 12.6.